The summed E-state index contributed by atoms with van der Waals surface area (Å²) in [6, 6.07) is 3.41. The number of rotatable bonds is 2. The predicted molar refractivity (Wildman–Crippen MR) is 86.9 cm³/mol. The van der Waals surface area contributed by atoms with Crippen LogP contribution in [0.15, 0.2) is 18.2 Å². The minimum atomic E-state index is -1.89. The zero-order chi connectivity index (χ0) is 19.0. The molecule has 1 aliphatic rings. The maximum atomic E-state index is 14.4. The molecule has 1 aromatic carbocycles. The van der Waals surface area contributed by atoms with Crippen LogP contribution in [0.1, 0.15) is 52.5 Å². The number of Topliss-reactive ketones (excluding diaryl/α,β-unsaturated/α-hetero) is 1. The summed E-state index contributed by atoms with van der Waals surface area (Å²) in [6.45, 7) is 6.22. The maximum absolute atomic E-state index is 14.4. The Hall–Kier alpha value is -2.02. The van der Waals surface area contributed by atoms with E-state index in [1.807, 2.05) is 0 Å². The Labute approximate surface area is 145 Å². The molecule has 1 amide bonds. The van der Waals surface area contributed by atoms with Crippen LogP contribution in [-0.2, 0) is 15.1 Å². The Balaban J connectivity index is 2.54. The highest BCUT2D eigenvalue weighted by Gasteiger charge is 2.54. The van der Waals surface area contributed by atoms with Gasteiger partial charge in [-0.1, -0.05) is 12.1 Å². The van der Waals surface area contributed by atoms with Crippen LogP contribution in [0.3, 0.4) is 0 Å². The Morgan fingerprint density at radius 3 is 2.52 bits per heavy atom. The van der Waals surface area contributed by atoms with Gasteiger partial charge in [0.05, 0.1) is 0 Å². The molecule has 2 rings (SSSR count). The van der Waals surface area contributed by atoms with Crippen LogP contribution in [0, 0.1) is 11.6 Å². The Morgan fingerprint density at radius 2 is 1.92 bits per heavy atom. The van der Waals surface area contributed by atoms with E-state index in [-0.39, 0.29) is 18.4 Å². The first-order chi connectivity index (χ1) is 11.4. The molecular weight excluding hydrogens is 332 g/mol. The monoisotopic (exact) mass is 355 g/mol. The summed E-state index contributed by atoms with van der Waals surface area (Å²) in [5.74, 6) is -3.16. The van der Waals surface area contributed by atoms with E-state index in [0.717, 1.165) is 6.07 Å². The molecule has 0 bridgehead atoms. The first-order valence-corrected chi connectivity index (χ1v) is 8.12. The number of amides is 1. The summed E-state index contributed by atoms with van der Waals surface area (Å²) in [5, 5.41) is 12.8. The molecule has 0 heterocycles. The quantitative estimate of drug-likeness (QED) is 0.854. The van der Waals surface area contributed by atoms with Crippen molar-refractivity contribution in [2.75, 3.05) is 0 Å². The fourth-order valence-corrected chi connectivity index (χ4v) is 3.14. The average Bonchev–Trinajstić information content (AvgIpc) is 2.45. The number of hydrogen-bond acceptors (Lipinski definition) is 4. The van der Waals surface area contributed by atoms with Crippen molar-refractivity contribution in [3.8, 4) is 0 Å². The first-order valence-electron chi connectivity index (χ1n) is 8.12. The maximum Gasteiger partial charge on any atom is 0.408 e. The van der Waals surface area contributed by atoms with Gasteiger partial charge in [-0.2, -0.15) is 0 Å². The van der Waals surface area contributed by atoms with Gasteiger partial charge >= 0.3 is 6.09 Å². The fourth-order valence-electron chi connectivity index (χ4n) is 3.14. The molecule has 2 atom stereocenters. The van der Waals surface area contributed by atoms with Gasteiger partial charge in [0.2, 0.25) is 0 Å². The Kier molecular flexibility index (Phi) is 4.92. The predicted octanol–water partition coefficient (Wildman–Crippen LogP) is 3.19. The molecule has 5 nitrogen and oxygen atoms in total. The van der Waals surface area contributed by atoms with Gasteiger partial charge < -0.3 is 15.2 Å². The molecule has 0 aliphatic heterocycles. The van der Waals surface area contributed by atoms with Crippen LogP contribution in [0.4, 0.5) is 13.6 Å². The van der Waals surface area contributed by atoms with Gasteiger partial charge in [-0.3, -0.25) is 4.79 Å². The van der Waals surface area contributed by atoms with Gasteiger partial charge in [0.15, 0.2) is 17.4 Å². The molecule has 138 valence electrons. The summed E-state index contributed by atoms with van der Waals surface area (Å²) in [7, 11) is 0. The van der Waals surface area contributed by atoms with Crippen molar-refractivity contribution < 1.29 is 28.2 Å². The number of halogens is 2. The van der Waals surface area contributed by atoms with Gasteiger partial charge in [0, 0.05) is 5.56 Å². The van der Waals surface area contributed by atoms with E-state index in [9.17, 15) is 23.5 Å². The molecule has 1 aromatic rings. The highest BCUT2D eigenvalue weighted by atomic mass is 19.2. The molecule has 0 aromatic heterocycles. The molecule has 7 heteroatoms. The molecule has 1 fully saturated rings. The van der Waals surface area contributed by atoms with Crippen molar-refractivity contribution in [1.82, 2.24) is 5.32 Å². The number of alkyl carbamates (subject to hydrolysis) is 1. The first kappa shape index (κ1) is 19.3. The third-order valence-electron chi connectivity index (χ3n) is 4.22. The molecule has 1 aliphatic carbocycles. The number of aliphatic hydroxyl groups is 1. The van der Waals surface area contributed by atoms with Gasteiger partial charge in [0.1, 0.15) is 16.7 Å². The van der Waals surface area contributed by atoms with E-state index in [1.165, 1.54) is 19.1 Å². The Bertz CT molecular complexity index is 697. The lowest BCUT2D eigenvalue weighted by Gasteiger charge is -2.43. The van der Waals surface area contributed by atoms with Crippen LogP contribution in [0.5, 0.6) is 0 Å². The van der Waals surface area contributed by atoms with E-state index in [0.29, 0.717) is 6.42 Å². The van der Waals surface area contributed by atoms with Crippen LogP contribution < -0.4 is 5.32 Å². The number of carbonyl (C=O) groups is 2. The van der Waals surface area contributed by atoms with E-state index in [4.69, 9.17) is 4.74 Å². The molecule has 0 radical (unpaired) electrons. The van der Waals surface area contributed by atoms with Crippen molar-refractivity contribution in [2.24, 2.45) is 0 Å². The van der Waals surface area contributed by atoms with Crippen LogP contribution >= 0.6 is 0 Å². The summed E-state index contributed by atoms with van der Waals surface area (Å²) < 4.78 is 33.4. The molecule has 0 saturated heterocycles. The van der Waals surface area contributed by atoms with Gasteiger partial charge in [-0.15, -0.1) is 0 Å². The van der Waals surface area contributed by atoms with Crippen molar-refractivity contribution in [2.45, 2.75) is 63.7 Å². The van der Waals surface area contributed by atoms with Gasteiger partial charge in [-0.05, 0) is 53.0 Å². The van der Waals surface area contributed by atoms with Crippen LogP contribution in [-0.4, -0.2) is 28.2 Å². The second kappa shape index (κ2) is 6.37. The molecule has 1 saturated carbocycles. The summed E-state index contributed by atoms with van der Waals surface area (Å²) in [5.41, 5.74) is -4.82. The normalized spacial score (nSPS) is 27.1. The van der Waals surface area contributed by atoms with Crippen LogP contribution in [0.25, 0.3) is 0 Å². The van der Waals surface area contributed by atoms with Crippen molar-refractivity contribution >= 4 is 11.9 Å². The highest BCUT2D eigenvalue weighted by molar-refractivity contribution is 5.99. The zero-order valence-electron chi connectivity index (χ0n) is 14.8. The third kappa shape index (κ3) is 3.81. The SMILES string of the molecule is CC(C)(C)OC(=O)NC1(c2cccc(F)c2F)CCCC(C)(O)C1=O. The zero-order valence-corrected chi connectivity index (χ0v) is 14.8. The lowest BCUT2D eigenvalue weighted by Crippen LogP contribution is -2.62. The summed E-state index contributed by atoms with van der Waals surface area (Å²) in [6.07, 6.45) is -0.408. The number of ether oxygens (including phenoxy) is 1. The third-order valence-corrected chi connectivity index (χ3v) is 4.22. The minimum Gasteiger partial charge on any atom is -0.444 e. The Morgan fingerprint density at radius 1 is 1.28 bits per heavy atom. The number of carbonyl (C=O) groups excluding carboxylic acids is 2. The van der Waals surface area contributed by atoms with Crippen LogP contribution in [0.2, 0.25) is 0 Å². The molecule has 25 heavy (non-hydrogen) atoms. The molecule has 2 unspecified atom stereocenters. The van der Waals surface area contributed by atoms with Crippen molar-refractivity contribution in [3.05, 3.63) is 35.4 Å². The summed E-state index contributed by atoms with van der Waals surface area (Å²) >= 11 is 0. The number of benzene rings is 1. The standard InChI is InChI=1S/C18H23F2NO4/c1-16(2,3)25-15(23)21-18(10-6-9-17(4,24)14(18)22)11-7-5-8-12(19)13(11)20/h5,7-8,24H,6,9-10H2,1-4H3,(H,21,23). The molecule has 0 spiro atoms. The summed E-state index contributed by atoms with van der Waals surface area (Å²) in [4.78, 5) is 25.2. The van der Waals surface area contributed by atoms with E-state index < -0.39 is 40.3 Å². The number of hydrogen-bond donors (Lipinski definition) is 2. The number of nitrogens with one attached hydrogen (secondary N) is 1. The lowest BCUT2D eigenvalue weighted by atomic mass is 9.69. The fraction of sp³-hybridized carbons (Fsp3) is 0.556. The minimum absolute atomic E-state index is 0.0294. The van der Waals surface area contributed by atoms with E-state index in [2.05, 4.69) is 5.32 Å². The second-order valence-electron chi connectivity index (χ2n) is 7.59. The topological polar surface area (TPSA) is 75.6 Å². The van der Waals surface area contributed by atoms with Crippen molar-refractivity contribution in [1.29, 1.82) is 0 Å². The average molecular weight is 355 g/mol. The molecule has 2 N–H and O–H groups in total. The van der Waals surface area contributed by atoms with Gasteiger partial charge in [-0.25, -0.2) is 13.6 Å². The highest BCUT2D eigenvalue weighted by Crippen LogP contribution is 2.40. The van der Waals surface area contributed by atoms with Crippen molar-refractivity contribution in [3.63, 3.8) is 0 Å². The van der Waals surface area contributed by atoms with E-state index in [1.54, 1.807) is 20.8 Å². The molecular formula is C18H23F2NO4. The smallest absolute Gasteiger partial charge is 0.408 e. The lowest BCUT2D eigenvalue weighted by molar-refractivity contribution is -0.148. The largest absolute Gasteiger partial charge is 0.444 e. The van der Waals surface area contributed by atoms with Gasteiger partial charge in [0.25, 0.3) is 0 Å². The second-order valence-corrected chi connectivity index (χ2v) is 7.59. The number of ketones is 1. The van der Waals surface area contributed by atoms with E-state index >= 15 is 0 Å².